The molecular formula is C11H17NO. The van der Waals surface area contributed by atoms with Crippen LogP contribution in [0.4, 0.5) is 0 Å². The maximum atomic E-state index is 10.9. The summed E-state index contributed by atoms with van der Waals surface area (Å²) in [7, 11) is 0. The first-order valence-electron chi connectivity index (χ1n) is 4.56. The van der Waals surface area contributed by atoms with Gasteiger partial charge in [0, 0.05) is 17.0 Å². The van der Waals surface area contributed by atoms with E-state index in [4.69, 9.17) is 0 Å². The Balaban J connectivity index is 0.000000671. The highest BCUT2D eigenvalue weighted by atomic mass is 16.1. The largest absolute Gasteiger partial charge is 0.294 e. The van der Waals surface area contributed by atoms with Gasteiger partial charge in [0.05, 0.1) is 0 Å². The number of carbonyl (C=O) groups excluding carboxylic acids is 1. The van der Waals surface area contributed by atoms with Crippen LogP contribution in [-0.2, 0) is 0 Å². The third-order valence-electron chi connectivity index (χ3n) is 1.60. The Labute approximate surface area is 80.0 Å². The van der Waals surface area contributed by atoms with Gasteiger partial charge in [0.2, 0.25) is 0 Å². The molecule has 0 unspecified atom stereocenters. The third kappa shape index (κ3) is 3.36. The van der Waals surface area contributed by atoms with E-state index in [1.165, 1.54) is 0 Å². The number of nitrogens with zero attached hydrogens (tertiary/aromatic N) is 1. The standard InChI is InChI=1S/C9H11NO.C2H6/c1-6-4-5-9(8(3)11)7(2)10-6;1-2/h4-5H,1-3H3;1-2H3. The Bertz CT molecular complexity index is 292. The number of Topliss-reactive ketones (excluding diaryl/α,β-unsaturated/α-hetero) is 1. The predicted octanol–water partition coefficient (Wildman–Crippen LogP) is 2.93. The van der Waals surface area contributed by atoms with E-state index in [9.17, 15) is 4.79 Å². The molecule has 0 aliphatic heterocycles. The average Bonchev–Trinajstić information content (AvgIpc) is 2.07. The minimum atomic E-state index is 0.0787. The highest BCUT2D eigenvalue weighted by Gasteiger charge is 2.03. The predicted molar refractivity (Wildman–Crippen MR) is 55.1 cm³/mol. The molecule has 0 radical (unpaired) electrons. The average molecular weight is 179 g/mol. The Hall–Kier alpha value is -1.18. The minimum absolute atomic E-state index is 0.0787. The molecule has 0 saturated carbocycles. The summed E-state index contributed by atoms with van der Waals surface area (Å²) in [6.07, 6.45) is 0. The summed E-state index contributed by atoms with van der Waals surface area (Å²) in [6.45, 7) is 9.32. The van der Waals surface area contributed by atoms with Gasteiger partial charge in [-0.2, -0.15) is 0 Å². The summed E-state index contributed by atoms with van der Waals surface area (Å²) < 4.78 is 0. The van der Waals surface area contributed by atoms with Crippen molar-refractivity contribution in [1.82, 2.24) is 4.98 Å². The van der Waals surface area contributed by atoms with Crippen LogP contribution in [-0.4, -0.2) is 10.8 Å². The number of carbonyl (C=O) groups is 1. The van der Waals surface area contributed by atoms with E-state index >= 15 is 0 Å². The van der Waals surface area contributed by atoms with Gasteiger partial charge in [-0.15, -0.1) is 0 Å². The molecule has 2 heteroatoms. The summed E-state index contributed by atoms with van der Waals surface area (Å²) >= 11 is 0. The first-order chi connectivity index (χ1) is 6.11. The maximum absolute atomic E-state index is 10.9. The number of aromatic nitrogens is 1. The lowest BCUT2D eigenvalue weighted by atomic mass is 10.1. The van der Waals surface area contributed by atoms with Gasteiger partial charge in [-0.05, 0) is 32.9 Å². The van der Waals surface area contributed by atoms with Crippen molar-refractivity contribution in [2.45, 2.75) is 34.6 Å². The van der Waals surface area contributed by atoms with E-state index in [0.717, 1.165) is 17.0 Å². The molecule has 0 fully saturated rings. The monoisotopic (exact) mass is 179 g/mol. The van der Waals surface area contributed by atoms with Crippen molar-refractivity contribution < 1.29 is 4.79 Å². The first kappa shape index (κ1) is 11.8. The SMILES string of the molecule is CC.CC(=O)c1ccc(C)nc1C. The summed E-state index contributed by atoms with van der Waals surface area (Å²) in [5.41, 5.74) is 2.49. The van der Waals surface area contributed by atoms with Gasteiger partial charge in [-0.3, -0.25) is 9.78 Å². The highest BCUT2D eigenvalue weighted by Crippen LogP contribution is 2.06. The lowest BCUT2D eigenvalue weighted by Gasteiger charge is -2.00. The van der Waals surface area contributed by atoms with Crippen molar-refractivity contribution in [3.8, 4) is 0 Å². The van der Waals surface area contributed by atoms with E-state index in [-0.39, 0.29) is 5.78 Å². The molecule has 0 saturated heterocycles. The van der Waals surface area contributed by atoms with Crippen LogP contribution in [0.15, 0.2) is 12.1 Å². The van der Waals surface area contributed by atoms with Gasteiger partial charge in [0.1, 0.15) is 0 Å². The van der Waals surface area contributed by atoms with Gasteiger partial charge < -0.3 is 0 Å². The lowest BCUT2D eigenvalue weighted by molar-refractivity contribution is 0.101. The molecule has 0 bridgehead atoms. The van der Waals surface area contributed by atoms with Gasteiger partial charge in [-0.1, -0.05) is 13.8 Å². The number of ketones is 1. The van der Waals surface area contributed by atoms with Crippen LogP contribution in [0.25, 0.3) is 0 Å². The zero-order valence-corrected chi connectivity index (χ0v) is 9.01. The molecule has 1 rings (SSSR count). The minimum Gasteiger partial charge on any atom is -0.294 e. The zero-order chi connectivity index (χ0) is 10.4. The van der Waals surface area contributed by atoms with E-state index in [1.54, 1.807) is 6.92 Å². The maximum Gasteiger partial charge on any atom is 0.161 e. The lowest BCUT2D eigenvalue weighted by Crippen LogP contribution is -1.98. The fourth-order valence-corrected chi connectivity index (χ4v) is 1.06. The van der Waals surface area contributed by atoms with Gasteiger partial charge in [0.15, 0.2) is 5.78 Å². The van der Waals surface area contributed by atoms with E-state index < -0.39 is 0 Å². The molecule has 1 aromatic heterocycles. The Morgan fingerprint density at radius 1 is 1.23 bits per heavy atom. The van der Waals surface area contributed by atoms with Crippen LogP contribution in [0, 0.1) is 13.8 Å². The van der Waals surface area contributed by atoms with E-state index in [2.05, 4.69) is 4.98 Å². The summed E-state index contributed by atoms with van der Waals surface area (Å²) in [5.74, 6) is 0.0787. The number of aryl methyl sites for hydroxylation is 2. The fraction of sp³-hybridized carbons (Fsp3) is 0.455. The van der Waals surface area contributed by atoms with Gasteiger partial charge >= 0.3 is 0 Å². The molecule has 72 valence electrons. The second-order valence-electron chi connectivity index (χ2n) is 2.64. The Kier molecular flexibility index (Phi) is 4.97. The van der Waals surface area contributed by atoms with Crippen LogP contribution in [0.3, 0.4) is 0 Å². The number of rotatable bonds is 1. The summed E-state index contributed by atoms with van der Waals surface area (Å²) in [6, 6.07) is 3.67. The molecule has 1 aromatic rings. The number of hydrogen-bond donors (Lipinski definition) is 0. The van der Waals surface area contributed by atoms with Gasteiger partial charge in [-0.25, -0.2) is 0 Å². The normalized spacial score (nSPS) is 8.69. The Morgan fingerprint density at radius 3 is 2.15 bits per heavy atom. The van der Waals surface area contributed by atoms with Crippen LogP contribution in [0.2, 0.25) is 0 Å². The quantitative estimate of drug-likeness (QED) is 0.620. The van der Waals surface area contributed by atoms with Crippen molar-refractivity contribution >= 4 is 5.78 Å². The van der Waals surface area contributed by atoms with Crippen molar-refractivity contribution in [2.24, 2.45) is 0 Å². The number of hydrogen-bond acceptors (Lipinski definition) is 2. The van der Waals surface area contributed by atoms with Crippen LogP contribution in [0.1, 0.15) is 42.5 Å². The van der Waals surface area contributed by atoms with Crippen LogP contribution >= 0.6 is 0 Å². The molecule has 0 amide bonds. The molecule has 0 aliphatic carbocycles. The van der Waals surface area contributed by atoms with Crippen LogP contribution in [0.5, 0.6) is 0 Å². The smallest absolute Gasteiger partial charge is 0.161 e. The molecule has 13 heavy (non-hydrogen) atoms. The molecule has 2 nitrogen and oxygen atoms in total. The van der Waals surface area contributed by atoms with Crippen molar-refractivity contribution in [3.05, 3.63) is 29.1 Å². The second kappa shape index (κ2) is 5.46. The van der Waals surface area contributed by atoms with Crippen molar-refractivity contribution in [1.29, 1.82) is 0 Å². The topological polar surface area (TPSA) is 30.0 Å². The number of pyridine rings is 1. The fourth-order valence-electron chi connectivity index (χ4n) is 1.06. The molecule has 0 aromatic carbocycles. The Morgan fingerprint density at radius 2 is 1.77 bits per heavy atom. The molecule has 0 atom stereocenters. The third-order valence-corrected chi connectivity index (χ3v) is 1.60. The summed E-state index contributed by atoms with van der Waals surface area (Å²) in [4.78, 5) is 15.1. The molecule has 0 aliphatic rings. The van der Waals surface area contributed by atoms with Gasteiger partial charge in [0.25, 0.3) is 0 Å². The van der Waals surface area contributed by atoms with E-state index in [1.807, 2.05) is 39.8 Å². The van der Waals surface area contributed by atoms with Crippen LogP contribution < -0.4 is 0 Å². The van der Waals surface area contributed by atoms with E-state index in [0.29, 0.717) is 0 Å². The summed E-state index contributed by atoms with van der Waals surface area (Å²) in [5, 5.41) is 0. The van der Waals surface area contributed by atoms with Crippen molar-refractivity contribution in [3.63, 3.8) is 0 Å². The second-order valence-corrected chi connectivity index (χ2v) is 2.64. The zero-order valence-electron chi connectivity index (χ0n) is 9.01. The highest BCUT2D eigenvalue weighted by molar-refractivity contribution is 5.94. The first-order valence-corrected chi connectivity index (χ1v) is 4.56. The van der Waals surface area contributed by atoms with Crippen molar-refractivity contribution in [2.75, 3.05) is 0 Å². The molecule has 0 spiro atoms. The molecule has 0 N–H and O–H groups in total. The molecule has 1 heterocycles. The molecular weight excluding hydrogens is 162 g/mol.